The first-order valence-electron chi connectivity index (χ1n) is 6.13. The third-order valence-electron chi connectivity index (χ3n) is 2.69. The second kappa shape index (κ2) is 7.12. The summed E-state index contributed by atoms with van der Waals surface area (Å²) in [6.45, 7) is 3.32. The van der Waals surface area contributed by atoms with Crippen molar-refractivity contribution in [3.8, 4) is 5.75 Å². The van der Waals surface area contributed by atoms with Crippen LogP contribution in [0.4, 0.5) is 13.2 Å². The monoisotopic (exact) mass is 321 g/mol. The van der Waals surface area contributed by atoms with Gasteiger partial charge < -0.3 is 20.3 Å². The SMILES string of the molecule is C[C@H]1COc2cc(C(=O)O)ccc2CN1.O=C(O)C(F)(F)F. The second-order valence-electron chi connectivity index (χ2n) is 4.52. The van der Waals surface area contributed by atoms with E-state index in [1.165, 1.54) is 0 Å². The molecule has 2 rings (SSSR count). The standard InChI is InChI=1S/C11H13NO3.C2HF3O2/c1-7-6-15-10-4-8(11(13)14)2-3-9(10)5-12-7;3-2(4,5)1(6)7/h2-4,7,12H,5-6H2,1H3,(H,13,14);(H,6,7)/t7-;/m0./s1. The van der Waals surface area contributed by atoms with Gasteiger partial charge in [0.1, 0.15) is 12.4 Å². The number of hydrogen-bond acceptors (Lipinski definition) is 4. The molecule has 0 saturated heterocycles. The molecular weight excluding hydrogens is 307 g/mol. The molecule has 0 fully saturated rings. The Kier molecular flexibility index (Phi) is 5.75. The Labute approximate surface area is 123 Å². The minimum Gasteiger partial charge on any atom is -0.492 e. The second-order valence-corrected chi connectivity index (χ2v) is 4.52. The van der Waals surface area contributed by atoms with Crippen LogP contribution in [0.3, 0.4) is 0 Å². The van der Waals surface area contributed by atoms with E-state index in [9.17, 15) is 18.0 Å². The van der Waals surface area contributed by atoms with E-state index in [4.69, 9.17) is 19.7 Å². The summed E-state index contributed by atoms with van der Waals surface area (Å²) in [6, 6.07) is 5.26. The lowest BCUT2D eigenvalue weighted by atomic mass is 10.1. The zero-order valence-electron chi connectivity index (χ0n) is 11.5. The number of hydrogen-bond donors (Lipinski definition) is 3. The zero-order valence-corrected chi connectivity index (χ0v) is 11.5. The highest BCUT2D eigenvalue weighted by atomic mass is 19.4. The van der Waals surface area contributed by atoms with Crippen molar-refractivity contribution >= 4 is 11.9 Å². The molecule has 22 heavy (non-hydrogen) atoms. The van der Waals surface area contributed by atoms with Crippen LogP contribution in [0.1, 0.15) is 22.8 Å². The predicted molar refractivity (Wildman–Crippen MR) is 68.9 cm³/mol. The number of benzene rings is 1. The molecule has 0 spiro atoms. The molecule has 3 N–H and O–H groups in total. The number of aromatic carboxylic acids is 1. The number of carbonyl (C=O) groups is 2. The van der Waals surface area contributed by atoms with E-state index in [0.717, 1.165) is 12.1 Å². The Balaban J connectivity index is 0.000000295. The fraction of sp³-hybridized carbons (Fsp3) is 0.385. The lowest BCUT2D eigenvalue weighted by Crippen LogP contribution is -2.28. The van der Waals surface area contributed by atoms with Crippen LogP contribution in [0, 0.1) is 0 Å². The third kappa shape index (κ3) is 5.24. The van der Waals surface area contributed by atoms with Crippen molar-refractivity contribution in [2.24, 2.45) is 0 Å². The van der Waals surface area contributed by atoms with Gasteiger partial charge in [-0.25, -0.2) is 9.59 Å². The number of halogens is 3. The first-order valence-corrected chi connectivity index (χ1v) is 6.13. The molecule has 1 aromatic carbocycles. The van der Waals surface area contributed by atoms with E-state index in [2.05, 4.69) is 5.32 Å². The van der Waals surface area contributed by atoms with Crippen LogP contribution >= 0.6 is 0 Å². The maximum atomic E-state index is 10.8. The number of nitrogens with one attached hydrogen (secondary N) is 1. The number of alkyl halides is 3. The predicted octanol–water partition coefficient (Wildman–Crippen LogP) is 1.89. The summed E-state index contributed by atoms with van der Waals surface area (Å²) in [5.41, 5.74) is 1.27. The molecule has 0 aliphatic carbocycles. The molecule has 0 radical (unpaired) electrons. The molecular formula is C13H14F3NO5. The first kappa shape index (κ1) is 17.8. The highest BCUT2D eigenvalue weighted by Crippen LogP contribution is 2.22. The normalized spacial score (nSPS) is 17.2. The summed E-state index contributed by atoms with van der Waals surface area (Å²) in [6.07, 6.45) is -5.08. The fourth-order valence-electron chi connectivity index (χ4n) is 1.53. The van der Waals surface area contributed by atoms with Crippen LogP contribution in [0.25, 0.3) is 0 Å². The van der Waals surface area contributed by atoms with Crippen molar-refractivity contribution < 1.29 is 37.7 Å². The van der Waals surface area contributed by atoms with E-state index in [1.807, 2.05) is 6.92 Å². The molecule has 0 amide bonds. The van der Waals surface area contributed by atoms with Gasteiger partial charge in [0.05, 0.1) is 5.56 Å². The summed E-state index contributed by atoms with van der Waals surface area (Å²) >= 11 is 0. The number of aliphatic carboxylic acids is 1. The van der Waals surface area contributed by atoms with E-state index in [0.29, 0.717) is 12.4 Å². The van der Waals surface area contributed by atoms with E-state index in [-0.39, 0.29) is 11.6 Å². The minimum atomic E-state index is -5.08. The number of rotatable bonds is 1. The van der Waals surface area contributed by atoms with Gasteiger partial charge in [-0.15, -0.1) is 0 Å². The Morgan fingerprint density at radius 3 is 2.41 bits per heavy atom. The van der Waals surface area contributed by atoms with Crippen LogP contribution in [0.2, 0.25) is 0 Å². The number of carboxylic acids is 2. The molecule has 0 bridgehead atoms. The molecule has 1 aromatic rings. The maximum absolute atomic E-state index is 10.8. The highest BCUT2D eigenvalue weighted by molar-refractivity contribution is 5.88. The van der Waals surface area contributed by atoms with Gasteiger partial charge in [-0.1, -0.05) is 6.07 Å². The first-order chi connectivity index (χ1) is 10.1. The van der Waals surface area contributed by atoms with Gasteiger partial charge in [-0.3, -0.25) is 0 Å². The molecule has 0 unspecified atom stereocenters. The van der Waals surface area contributed by atoms with E-state index < -0.39 is 18.1 Å². The minimum absolute atomic E-state index is 0.267. The Bertz CT molecular complexity index is 559. The Morgan fingerprint density at radius 1 is 1.32 bits per heavy atom. The molecule has 1 atom stereocenters. The molecule has 0 saturated carbocycles. The number of ether oxygens (including phenoxy) is 1. The molecule has 1 aliphatic rings. The fourth-order valence-corrected chi connectivity index (χ4v) is 1.53. The summed E-state index contributed by atoms with van der Waals surface area (Å²) in [5, 5.41) is 19.2. The van der Waals surface area contributed by atoms with Crippen LogP contribution in [0.15, 0.2) is 18.2 Å². The maximum Gasteiger partial charge on any atom is 0.490 e. The van der Waals surface area contributed by atoms with Gasteiger partial charge in [0, 0.05) is 18.2 Å². The lowest BCUT2D eigenvalue weighted by molar-refractivity contribution is -0.192. The topological polar surface area (TPSA) is 95.9 Å². The average Bonchev–Trinajstić information content (AvgIpc) is 2.60. The summed E-state index contributed by atoms with van der Waals surface area (Å²) in [5.74, 6) is -3.01. The largest absolute Gasteiger partial charge is 0.492 e. The molecule has 9 heteroatoms. The van der Waals surface area contributed by atoms with Gasteiger partial charge in [0.25, 0.3) is 0 Å². The van der Waals surface area contributed by atoms with Gasteiger partial charge in [-0.05, 0) is 19.1 Å². The number of fused-ring (bicyclic) bond motifs is 1. The van der Waals surface area contributed by atoms with Crippen molar-refractivity contribution in [3.63, 3.8) is 0 Å². The molecule has 6 nitrogen and oxygen atoms in total. The van der Waals surface area contributed by atoms with Gasteiger partial charge in [0.2, 0.25) is 0 Å². The zero-order chi connectivity index (χ0) is 16.9. The van der Waals surface area contributed by atoms with Crippen molar-refractivity contribution in [2.45, 2.75) is 25.7 Å². The van der Waals surface area contributed by atoms with Gasteiger partial charge in [0.15, 0.2) is 0 Å². The summed E-state index contributed by atoms with van der Waals surface area (Å²) in [7, 11) is 0. The van der Waals surface area contributed by atoms with Gasteiger partial charge in [-0.2, -0.15) is 13.2 Å². The van der Waals surface area contributed by atoms with Crippen molar-refractivity contribution in [3.05, 3.63) is 29.3 Å². The van der Waals surface area contributed by atoms with Gasteiger partial charge >= 0.3 is 18.1 Å². The third-order valence-corrected chi connectivity index (χ3v) is 2.69. The average molecular weight is 321 g/mol. The molecule has 122 valence electrons. The summed E-state index contributed by atoms with van der Waals surface area (Å²) < 4.78 is 37.3. The number of carboxylic acid groups (broad SMARTS) is 2. The van der Waals surface area contributed by atoms with Crippen molar-refractivity contribution in [1.82, 2.24) is 5.32 Å². The summed E-state index contributed by atoms with van der Waals surface area (Å²) in [4.78, 5) is 19.7. The quantitative estimate of drug-likeness (QED) is 0.731. The van der Waals surface area contributed by atoms with Crippen LogP contribution in [-0.4, -0.2) is 41.0 Å². The molecule has 1 aliphatic heterocycles. The lowest BCUT2D eigenvalue weighted by Gasteiger charge is -2.08. The van der Waals surface area contributed by atoms with Crippen molar-refractivity contribution in [1.29, 1.82) is 0 Å². The molecule has 1 heterocycles. The van der Waals surface area contributed by atoms with Crippen LogP contribution in [-0.2, 0) is 11.3 Å². The molecule has 0 aromatic heterocycles. The highest BCUT2D eigenvalue weighted by Gasteiger charge is 2.38. The smallest absolute Gasteiger partial charge is 0.490 e. The van der Waals surface area contributed by atoms with Crippen molar-refractivity contribution in [2.75, 3.05) is 6.61 Å². The van der Waals surface area contributed by atoms with Crippen LogP contribution in [0.5, 0.6) is 5.75 Å². The van der Waals surface area contributed by atoms with E-state index >= 15 is 0 Å². The van der Waals surface area contributed by atoms with E-state index in [1.54, 1.807) is 18.2 Å². The van der Waals surface area contributed by atoms with Crippen LogP contribution < -0.4 is 10.1 Å². The Hall–Kier alpha value is -2.29. The Morgan fingerprint density at radius 2 is 1.91 bits per heavy atom.